The third kappa shape index (κ3) is 3.86. The first-order valence-corrected chi connectivity index (χ1v) is 8.09. The number of halogens is 1. The van der Waals surface area contributed by atoms with Gasteiger partial charge in [-0.1, -0.05) is 35.9 Å². The van der Waals surface area contributed by atoms with Gasteiger partial charge in [0.25, 0.3) is 5.91 Å². The van der Waals surface area contributed by atoms with Crippen LogP contribution in [0.4, 0.5) is 0 Å². The molecule has 0 bridgehead atoms. The van der Waals surface area contributed by atoms with Crippen LogP contribution >= 0.6 is 11.6 Å². The summed E-state index contributed by atoms with van der Waals surface area (Å²) in [5.41, 5.74) is 3.09. The summed E-state index contributed by atoms with van der Waals surface area (Å²) in [5, 5.41) is 10.7. The Morgan fingerprint density at radius 2 is 2.04 bits per heavy atom. The Kier molecular flexibility index (Phi) is 4.88. The predicted molar refractivity (Wildman–Crippen MR) is 89.4 cm³/mol. The summed E-state index contributed by atoms with van der Waals surface area (Å²) in [7, 11) is 0. The van der Waals surface area contributed by atoms with E-state index in [0.29, 0.717) is 6.54 Å². The van der Waals surface area contributed by atoms with Crippen LogP contribution < -0.4 is 5.32 Å². The third-order valence-electron chi connectivity index (χ3n) is 4.21. The average Bonchev–Trinajstić information content (AvgIpc) is 2.59. The van der Waals surface area contributed by atoms with Gasteiger partial charge in [-0.3, -0.25) is 9.69 Å². The molecule has 0 unspecified atom stereocenters. The van der Waals surface area contributed by atoms with E-state index in [0.717, 1.165) is 19.5 Å². The van der Waals surface area contributed by atoms with Gasteiger partial charge in [-0.2, -0.15) is 0 Å². The maximum Gasteiger partial charge on any atom is 0.271 e. The maximum atomic E-state index is 12.1. The molecule has 1 amide bonds. The molecule has 1 aliphatic rings. The number of fused-ring (bicyclic) bond motifs is 1. The number of hydrogen-bond donors (Lipinski definition) is 1. The van der Waals surface area contributed by atoms with Gasteiger partial charge in [0, 0.05) is 25.7 Å². The summed E-state index contributed by atoms with van der Waals surface area (Å²) < 4.78 is 0. The Bertz CT molecular complexity index is 689. The van der Waals surface area contributed by atoms with Crippen LogP contribution in [0.1, 0.15) is 28.5 Å². The molecule has 0 fully saturated rings. The molecular weight excluding hydrogens is 312 g/mol. The standard InChI is InChI=1S/C17H19ClN4O/c1-12(10-19-17(23)15-6-7-16(18)21-20-15)22-9-8-13-4-2-3-5-14(13)11-22/h2-7,12H,8-11H2,1H3,(H,19,23)/t12-/m1/s1. The van der Waals surface area contributed by atoms with Crippen LogP contribution in [-0.4, -0.2) is 40.1 Å². The van der Waals surface area contributed by atoms with Gasteiger partial charge in [0.2, 0.25) is 0 Å². The van der Waals surface area contributed by atoms with Crippen molar-refractivity contribution in [3.05, 3.63) is 58.4 Å². The Hall–Kier alpha value is -1.98. The summed E-state index contributed by atoms with van der Waals surface area (Å²) in [6.45, 7) is 4.63. The number of aromatic nitrogens is 2. The van der Waals surface area contributed by atoms with Crippen LogP contribution in [0.3, 0.4) is 0 Å². The zero-order valence-electron chi connectivity index (χ0n) is 13.0. The maximum absolute atomic E-state index is 12.1. The number of carbonyl (C=O) groups excluding carboxylic acids is 1. The molecule has 0 saturated carbocycles. The zero-order valence-corrected chi connectivity index (χ0v) is 13.8. The number of rotatable bonds is 4. The number of carbonyl (C=O) groups is 1. The molecule has 1 atom stereocenters. The number of benzene rings is 1. The molecule has 1 aromatic carbocycles. The van der Waals surface area contributed by atoms with Crippen molar-refractivity contribution in [2.75, 3.05) is 13.1 Å². The summed E-state index contributed by atoms with van der Waals surface area (Å²) >= 11 is 5.67. The van der Waals surface area contributed by atoms with Crippen molar-refractivity contribution in [2.45, 2.75) is 25.9 Å². The van der Waals surface area contributed by atoms with E-state index in [-0.39, 0.29) is 22.8 Å². The number of nitrogens with zero attached hydrogens (tertiary/aromatic N) is 3. The van der Waals surface area contributed by atoms with E-state index in [1.807, 2.05) is 0 Å². The van der Waals surface area contributed by atoms with Crippen molar-refractivity contribution in [1.29, 1.82) is 0 Å². The minimum atomic E-state index is -0.224. The SMILES string of the molecule is C[C@H](CNC(=O)c1ccc(Cl)nn1)N1CCc2ccccc2C1. The molecule has 0 aliphatic carbocycles. The Balaban J connectivity index is 1.55. The third-order valence-corrected chi connectivity index (χ3v) is 4.41. The summed E-state index contributed by atoms with van der Waals surface area (Å²) in [6.07, 6.45) is 1.05. The average molecular weight is 331 g/mol. The lowest BCUT2D eigenvalue weighted by Gasteiger charge is -2.33. The molecule has 3 rings (SSSR count). The van der Waals surface area contributed by atoms with E-state index in [2.05, 4.69) is 51.6 Å². The van der Waals surface area contributed by atoms with E-state index in [9.17, 15) is 4.79 Å². The minimum absolute atomic E-state index is 0.224. The van der Waals surface area contributed by atoms with E-state index < -0.39 is 0 Å². The normalized spacial score (nSPS) is 15.7. The van der Waals surface area contributed by atoms with Crippen molar-refractivity contribution in [3.63, 3.8) is 0 Å². The van der Waals surface area contributed by atoms with Crippen LogP contribution in [0, 0.1) is 0 Å². The lowest BCUT2D eigenvalue weighted by molar-refractivity contribution is 0.0926. The highest BCUT2D eigenvalue weighted by atomic mass is 35.5. The van der Waals surface area contributed by atoms with E-state index in [1.165, 1.54) is 11.1 Å². The van der Waals surface area contributed by atoms with Gasteiger partial charge in [0.1, 0.15) is 0 Å². The summed E-state index contributed by atoms with van der Waals surface area (Å²) in [4.78, 5) is 14.5. The molecule has 0 spiro atoms. The van der Waals surface area contributed by atoms with E-state index >= 15 is 0 Å². The van der Waals surface area contributed by atoms with Crippen LogP contribution in [0.25, 0.3) is 0 Å². The molecule has 1 N–H and O–H groups in total. The molecule has 0 saturated heterocycles. The molecule has 1 aromatic heterocycles. The lowest BCUT2D eigenvalue weighted by Crippen LogP contribution is -2.44. The van der Waals surface area contributed by atoms with E-state index in [4.69, 9.17) is 11.6 Å². The predicted octanol–water partition coefficient (Wildman–Crippen LogP) is 2.31. The van der Waals surface area contributed by atoms with Crippen LogP contribution in [-0.2, 0) is 13.0 Å². The number of nitrogens with one attached hydrogen (secondary N) is 1. The first-order valence-electron chi connectivity index (χ1n) is 7.72. The van der Waals surface area contributed by atoms with Crippen LogP contribution in [0.2, 0.25) is 5.15 Å². The van der Waals surface area contributed by atoms with Gasteiger partial charge < -0.3 is 5.32 Å². The van der Waals surface area contributed by atoms with E-state index in [1.54, 1.807) is 12.1 Å². The highest BCUT2D eigenvalue weighted by Crippen LogP contribution is 2.19. The second kappa shape index (κ2) is 7.06. The molecule has 1 aliphatic heterocycles. The molecule has 0 radical (unpaired) electrons. The first-order chi connectivity index (χ1) is 11.1. The fourth-order valence-electron chi connectivity index (χ4n) is 2.79. The molecule has 6 heteroatoms. The number of amides is 1. The van der Waals surface area contributed by atoms with Crippen molar-refractivity contribution < 1.29 is 4.79 Å². The largest absolute Gasteiger partial charge is 0.349 e. The quantitative estimate of drug-likeness (QED) is 0.934. The van der Waals surface area contributed by atoms with Crippen LogP contribution in [0.5, 0.6) is 0 Å². The fraction of sp³-hybridized carbons (Fsp3) is 0.353. The smallest absolute Gasteiger partial charge is 0.271 e. The Labute approximate surface area is 140 Å². The highest BCUT2D eigenvalue weighted by molar-refractivity contribution is 6.29. The molecule has 23 heavy (non-hydrogen) atoms. The molecule has 2 aromatic rings. The van der Waals surface area contributed by atoms with Gasteiger partial charge in [-0.25, -0.2) is 0 Å². The Morgan fingerprint density at radius 3 is 2.78 bits per heavy atom. The zero-order chi connectivity index (χ0) is 16.2. The molecular formula is C17H19ClN4O. The second-order valence-corrected chi connectivity index (χ2v) is 6.18. The van der Waals surface area contributed by atoms with Crippen LogP contribution in [0.15, 0.2) is 36.4 Å². The second-order valence-electron chi connectivity index (χ2n) is 5.79. The van der Waals surface area contributed by atoms with Crippen molar-refractivity contribution >= 4 is 17.5 Å². The summed E-state index contributed by atoms with van der Waals surface area (Å²) in [6, 6.07) is 11.9. The number of hydrogen-bond acceptors (Lipinski definition) is 4. The lowest BCUT2D eigenvalue weighted by atomic mass is 9.99. The van der Waals surface area contributed by atoms with Gasteiger partial charge in [-0.15, -0.1) is 10.2 Å². The van der Waals surface area contributed by atoms with Gasteiger partial charge >= 0.3 is 0 Å². The topological polar surface area (TPSA) is 58.1 Å². The molecule has 2 heterocycles. The van der Waals surface area contributed by atoms with Gasteiger partial charge in [0.05, 0.1) is 0 Å². The molecule has 120 valence electrons. The van der Waals surface area contributed by atoms with Gasteiger partial charge in [-0.05, 0) is 36.6 Å². The highest BCUT2D eigenvalue weighted by Gasteiger charge is 2.21. The minimum Gasteiger partial charge on any atom is -0.349 e. The first kappa shape index (κ1) is 15.9. The molecule has 5 nitrogen and oxygen atoms in total. The summed E-state index contributed by atoms with van der Waals surface area (Å²) in [5.74, 6) is -0.224. The van der Waals surface area contributed by atoms with Crippen molar-refractivity contribution in [1.82, 2.24) is 20.4 Å². The van der Waals surface area contributed by atoms with Crippen molar-refractivity contribution in [3.8, 4) is 0 Å². The Morgan fingerprint density at radius 1 is 1.26 bits per heavy atom. The van der Waals surface area contributed by atoms with Crippen molar-refractivity contribution in [2.24, 2.45) is 0 Å². The fourth-order valence-corrected chi connectivity index (χ4v) is 2.89. The monoisotopic (exact) mass is 330 g/mol. The van der Waals surface area contributed by atoms with Gasteiger partial charge in [0.15, 0.2) is 10.8 Å².